The first kappa shape index (κ1) is 22.7. The van der Waals surface area contributed by atoms with Crippen molar-refractivity contribution in [3.8, 4) is 5.75 Å². The molecule has 1 unspecified atom stereocenters. The average Bonchev–Trinajstić information content (AvgIpc) is 2.78. The molecule has 0 amide bonds. The predicted molar refractivity (Wildman–Crippen MR) is 131 cm³/mol. The van der Waals surface area contributed by atoms with E-state index in [1.165, 1.54) is 16.7 Å². The van der Waals surface area contributed by atoms with Gasteiger partial charge in [-0.1, -0.05) is 56.0 Å². The molecule has 3 rings (SSSR count). The minimum atomic E-state index is 0.220. The van der Waals surface area contributed by atoms with Gasteiger partial charge in [-0.3, -0.25) is 0 Å². The molecule has 164 valence electrons. The first-order valence-electron chi connectivity index (χ1n) is 11.2. The van der Waals surface area contributed by atoms with Crippen molar-refractivity contribution in [2.24, 2.45) is 4.99 Å². The summed E-state index contributed by atoms with van der Waals surface area (Å²) in [5.74, 6) is 2.65. The Balaban J connectivity index is 1.94. The van der Waals surface area contributed by atoms with E-state index in [1.54, 1.807) is 0 Å². The molecular formula is C27H35N3O. The molecule has 0 saturated heterocycles. The molecule has 0 fully saturated rings. The van der Waals surface area contributed by atoms with Crippen LogP contribution in [0.1, 0.15) is 43.0 Å². The summed E-state index contributed by atoms with van der Waals surface area (Å²) in [5.41, 5.74) is 4.10. The minimum Gasteiger partial charge on any atom is -0.494 e. The normalized spacial score (nSPS) is 16.3. The van der Waals surface area contributed by atoms with Crippen LogP contribution in [0.4, 0.5) is 0 Å². The fourth-order valence-corrected chi connectivity index (χ4v) is 3.89. The zero-order valence-corrected chi connectivity index (χ0v) is 19.3. The fourth-order valence-electron chi connectivity index (χ4n) is 3.89. The maximum absolute atomic E-state index is 5.76. The summed E-state index contributed by atoms with van der Waals surface area (Å²) in [4.78, 5) is 9.25. The molecule has 4 nitrogen and oxygen atoms in total. The zero-order valence-electron chi connectivity index (χ0n) is 19.3. The second-order valence-corrected chi connectivity index (χ2v) is 8.14. The van der Waals surface area contributed by atoms with E-state index in [2.05, 4.69) is 79.1 Å². The number of fused-ring (bicyclic) bond motifs is 1. The SMILES string of the molecule is C=C(/N=C(\C=C/C)N1CCc2ccccc2C1Cc1ccc(OCCC)cc1)N(C)C. The Morgan fingerprint density at radius 2 is 1.94 bits per heavy atom. The van der Waals surface area contributed by atoms with E-state index in [4.69, 9.17) is 9.73 Å². The zero-order chi connectivity index (χ0) is 22.2. The van der Waals surface area contributed by atoms with Crippen LogP contribution in [0, 0.1) is 0 Å². The number of hydrogen-bond donors (Lipinski definition) is 0. The van der Waals surface area contributed by atoms with Gasteiger partial charge in [0.1, 0.15) is 17.4 Å². The van der Waals surface area contributed by atoms with Gasteiger partial charge in [0, 0.05) is 20.6 Å². The summed E-state index contributed by atoms with van der Waals surface area (Å²) in [5, 5.41) is 0. The van der Waals surface area contributed by atoms with Crippen molar-refractivity contribution in [3.05, 3.63) is 89.8 Å². The molecule has 31 heavy (non-hydrogen) atoms. The number of amidine groups is 1. The number of hydrogen-bond acceptors (Lipinski definition) is 3. The van der Waals surface area contributed by atoms with Crippen LogP contribution in [0.25, 0.3) is 0 Å². The lowest BCUT2D eigenvalue weighted by atomic mass is 9.88. The van der Waals surface area contributed by atoms with Gasteiger partial charge in [0.25, 0.3) is 0 Å². The molecular weight excluding hydrogens is 382 g/mol. The Hall–Kier alpha value is -3.01. The van der Waals surface area contributed by atoms with Crippen molar-refractivity contribution in [2.75, 3.05) is 27.2 Å². The first-order chi connectivity index (χ1) is 15.0. The third kappa shape index (κ3) is 5.78. The quantitative estimate of drug-likeness (QED) is 0.412. The highest BCUT2D eigenvalue weighted by molar-refractivity contribution is 5.94. The predicted octanol–water partition coefficient (Wildman–Crippen LogP) is 5.62. The fraction of sp³-hybridized carbons (Fsp3) is 0.370. The van der Waals surface area contributed by atoms with Gasteiger partial charge in [0.05, 0.1) is 12.6 Å². The summed E-state index contributed by atoms with van der Waals surface area (Å²) in [6, 6.07) is 17.6. The number of ether oxygens (including phenoxy) is 1. The third-order valence-electron chi connectivity index (χ3n) is 5.61. The second-order valence-electron chi connectivity index (χ2n) is 8.14. The molecule has 1 atom stereocenters. The van der Waals surface area contributed by atoms with Crippen molar-refractivity contribution in [3.63, 3.8) is 0 Å². The van der Waals surface area contributed by atoms with Gasteiger partial charge < -0.3 is 14.5 Å². The van der Waals surface area contributed by atoms with Crippen molar-refractivity contribution in [2.45, 2.75) is 39.2 Å². The van der Waals surface area contributed by atoms with E-state index in [0.717, 1.165) is 49.8 Å². The van der Waals surface area contributed by atoms with Crippen molar-refractivity contribution < 1.29 is 4.74 Å². The number of nitrogens with zero attached hydrogens (tertiary/aromatic N) is 3. The lowest BCUT2D eigenvalue weighted by Crippen LogP contribution is -2.40. The topological polar surface area (TPSA) is 28.1 Å². The van der Waals surface area contributed by atoms with Crippen molar-refractivity contribution in [1.29, 1.82) is 0 Å². The first-order valence-corrected chi connectivity index (χ1v) is 11.2. The molecule has 1 aliphatic rings. The van der Waals surface area contributed by atoms with Gasteiger partial charge in [-0.25, -0.2) is 4.99 Å². The smallest absolute Gasteiger partial charge is 0.131 e. The molecule has 0 saturated carbocycles. The van der Waals surface area contributed by atoms with E-state index >= 15 is 0 Å². The number of allylic oxidation sites excluding steroid dienone is 1. The van der Waals surface area contributed by atoms with E-state index in [-0.39, 0.29) is 6.04 Å². The van der Waals surface area contributed by atoms with Crippen LogP contribution in [0.15, 0.2) is 78.1 Å². The number of benzene rings is 2. The lowest BCUT2D eigenvalue weighted by Gasteiger charge is -2.39. The third-order valence-corrected chi connectivity index (χ3v) is 5.61. The molecule has 0 aromatic heterocycles. The maximum Gasteiger partial charge on any atom is 0.131 e. The van der Waals surface area contributed by atoms with Crippen molar-refractivity contribution in [1.82, 2.24) is 9.80 Å². The van der Waals surface area contributed by atoms with E-state index < -0.39 is 0 Å². The molecule has 0 aliphatic carbocycles. The van der Waals surface area contributed by atoms with Gasteiger partial charge in [-0.15, -0.1) is 0 Å². The van der Waals surface area contributed by atoms with E-state index in [9.17, 15) is 0 Å². The minimum absolute atomic E-state index is 0.220. The summed E-state index contributed by atoms with van der Waals surface area (Å²) < 4.78 is 5.76. The van der Waals surface area contributed by atoms with Gasteiger partial charge >= 0.3 is 0 Å². The number of rotatable bonds is 8. The summed E-state index contributed by atoms with van der Waals surface area (Å²) in [6.45, 7) is 9.97. The Morgan fingerprint density at radius 3 is 2.61 bits per heavy atom. The highest BCUT2D eigenvalue weighted by Gasteiger charge is 2.29. The highest BCUT2D eigenvalue weighted by atomic mass is 16.5. The van der Waals surface area contributed by atoms with Crippen LogP contribution in [0.3, 0.4) is 0 Å². The standard InChI is InChI=1S/C27H35N3O/c1-6-10-27(28-21(3)29(4)5)30-18-17-23-11-8-9-12-25(23)26(30)20-22-13-15-24(16-14-22)31-19-7-2/h6,8-16,26H,3,7,17-20H2,1-2,4-5H3/b10-6-,28-27+. The lowest BCUT2D eigenvalue weighted by molar-refractivity contribution is 0.296. The maximum atomic E-state index is 5.76. The Labute approximate surface area is 187 Å². The van der Waals surface area contributed by atoms with Gasteiger partial charge in [0.2, 0.25) is 0 Å². The molecule has 1 heterocycles. The molecule has 2 aromatic rings. The van der Waals surface area contributed by atoms with Gasteiger partial charge in [0.15, 0.2) is 0 Å². The molecule has 2 aromatic carbocycles. The monoisotopic (exact) mass is 417 g/mol. The summed E-state index contributed by atoms with van der Waals surface area (Å²) in [6.07, 6.45) is 7.09. The molecule has 0 spiro atoms. The second kappa shape index (κ2) is 10.9. The Bertz CT molecular complexity index is 928. The number of aliphatic imine (C=N–C) groups is 1. The summed E-state index contributed by atoms with van der Waals surface area (Å²) >= 11 is 0. The van der Waals surface area contributed by atoms with Gasteiger partial charge in [-0.2, -0.15) is 0 Å². The van der Waals surface area contributed by atoms with Crippen LogP contribution in [0.2, 0.25) is 0 Å². The van der Waals surface area contributed by atoms with Crippen LogP contribution in [0.5, 0.6) is 5.75 Å². The van der Waals surface area contributed by atoms with Crippen LogP contribution in [-0.4, -0.2) is 42.9 Å². The van der Waals surface area contributed by atoms with Crippen LogP contribution < -0.4 is 4.74 Å². The van der Waals surface area contributed by atoms with Crippen molar-refractivity contribution >= 4 is 5.84 Å². The van der Waals surface area contributed by atoms with E-state index in [1.807, 2.05) is 25.9 Å². The largest absolute Gasteiger partial charge is 0.494 e. The van der Waals surface area contributed by atoms with Gasteiger partial charge in [-0.05, 0) is 61.1 Å². The summed E-state index contributed by atoms with van der Waals surface area (Å²) in [7, 11) is 3.95. The van der Waals surface area contributed by atoms with E-state index in [0.29, 0.717) is 0 Å². The molecule has 0 bridgehead atoms. The van der Waals surface area contributed by atoms with Crippen LogP contribution >= 0.6 is 0 Å². The van der Waals surface area contributed by atoms with Crippen LogP contribution in [-0.2, 0) is 12.8 Å². The average molecular weight is 418 g/mol. The molecule has 0 radical (unpaired) electrons. The Kier molecular flexibility index (Phi) is 7.94. The Morgan fingerprint density at radius 1 is 1.19 bits per heavy atom. The molecule has 4 heteroatoms. The molecule has 0 N–H and O–H groups in total. The highest BCUT2D eigenvalue weighted by Crippen LogP contribution is 2.33. The molecule has 1 aliphatic heterocycles.